The van der Waals surface area contributed by atoms with Crippen LogP contribution in [-0.2, 0) is 4.79 Å². The maximum absolute atomic E-state index is 12.7. The maximum atomic E-state index is 12.7. The molecule has 1 aliphatic heterocycles. The van der Waals surface area contributed by atoms with E-state index in [4.69, 9.17) is 5.73 Å². The molecule has 1 fully saturated rings. The van der Waals surface area contributed by atoms with Crippen molar-refractivity contribution in [3.63, 3.8) is 0 Å². The zero-order chi connectivity index (χ0) is 10.6. The summed E-state index contributed by atoms with van der Waals surface area (Å²) in [6.07, 6.45) is 0.636. The van der Waals surface area contributed by atoms with Crippen LogP contribution in [0.3, 0.4) is 0 Å². The summed E-state index contributed by atoms with van der Waals surface area (Å²) in [5.74, 6) is 4.76. The van der Waals surface area contributed by atoms with Crippen LogP contribution < -0.4 is 5.73 Å². The molecule has 1 amide bonds. The Morgan fingerprint density at radius 1 is 1.71 bits per heavy atom. The number of nitrogens with two attached hydrogens (primary N) is 1. The zero-order valence-electron chi connectivity index (χ0n) is 8.35. The van der Waals surface area contributed by atoms with Crippen LogP contribution in [0, 0.1) is 17.3 Å². The third kappa shape index (κ3) is 2.05. The second-order valence-electron chi connectivity index (χ2n) is 3.69. The van der Waals surface area contributed by atoms with Crippen molar-refractivity contribution in [3.8, 4) is 11.8 Å². The Hall–Kier alpha value is -1.08. The Morgan fingerprint density at radius 3 is 2.86 bits per heavy atom. The van der Waals surface area contributed by atoms with Crippen molar-refractivity contribution >= 4 is 5.91 Å². The van der Waals surface area contributed by atoms with E-state index in [9.17, 15) is 9.18 Å². The van der Waals surface area contributed by atoms with E-state index in [0.29, 0.717) is 19.5 Å². The quantitative estimate of drug-likeness (QED) is 0.642. The van der Waals surface area contributed by atoms with Gasteiger partial charge in [0, 0.05) is 25.0 Å². The molecule has 14 heavy (non-hydrogen) atoms. The normalized spacial score (nSPS) is 25.8. The second kappa shape index (κ2) is 4.43. The molecule has 0 bridgehead atoms. The van der Waals surface area contributed by atoms with Crippen LogP contribution in [0.1, 0.15) is 13.3 Å². The number of carbonyl (C=O) groups excluding carboxylic acids is 1. The molecule has 1 atom stereocenters. The van der Waals surface area contributed by atoms with Gasteiger partial charge in [0.15, 0.2) is 0 Å². The Morgan fingerprint density at radius 2 is 2.43 bits per heavy atom. The largest absolute Gasteiger partial charge is 0.331 e. The predicted molar refractivity (Wildman–Crippen MR) is 52.1 cm³/mol. The Bertz CT molecular complexity index is 276. The van der Waals surface area contributed by atoms with Gasteiger partial charge in [-0.2, -0.15) is 0 Å². The summed E-state index contributed by atoms with van der Waals surface area (Å²) in [6.45, 7) is 2.39. The van der Waals surface area contributed by atoms with E-state index >= 15 is 0 Å². The average molecular weight is 198 g/mol. The highest BCUT2D eigenvalue weighted by Gasteiger charge is 2.38. The van der Waals surface area contributed by atoms with Crippen molar-refractivity contribution in [1.29, 1.82) is 0 Å². The molecule has 0 aromatic heterocycles. The first kappa shape index (κ1) is 11.0. The van der Waals surface area contributed by atoms with Crippen molar-refractivity contribution in [2.75, 3.05) is 26.3 Å². The predicted octanol–water partition coefficient (Wildman–Crippen LogP) is 0.157. The van der Waals surface area contributed by atoms with Gasteiger partial charge in [-0.1, -0.05) is 5.92 Å². The fourth-order valence-electron chi connectivity index (χ4n) is 1.62. The molecule has 0 unspecified atom stereocenters. The molecule has 4 heteroatoms. The summed E-state index contributed by atoms with van der Waals surface area (Å²) >= 11 is 0. The molecule has 0 aromatic rings. The van der Waals surface area contributed by atoms with E-state index in [0.717, 1.165) is 0 Å². The molecule has 0 spiro atoms. The molecular formula is C10H15FN2O. The average Bonchev–Trinajstić information content (AvgIpc) is 2.63. The van der Waals surface area contributed by atoms with E-state index in [1.165, 1.54) is 0 Å². The van der Waals surface area contributed by atoms with Crippen molar-refractivity contribution in [3.05, 3.63) is 0 Å². The van der Waals surface area contributed by atoms with Crippen LogP contribution >= 0.6 is 0 Å². The molecule has 1 aliphatic rings. The monoisotopic (exact) mass is 198 g/mol. The van der Waals surface area contributed by atoms with Crippen molar-refractivity contribution in [2.24, 2.45) is 11.1 Å². The molecule has 1 heterocycles. The van der Waals surface area contributed by atoms with Gasteiger partial charge in [0.1, 0.15) is 0 Å². The molecule has 3 nitrogen and oxygen atoms in total. The van der Waals surface area contributed by atoms with Crippen molar-refractivity contribution < 1.29 is 9.18 Å². The van der Waals surface area contributed by atoms with Crippen LogP contribution in [0.15, 0.2) is 0 Å². The van der Waals surface area contributed by atoms with Crippen LogP contribution in [-0.4, -0.2) is 37.1 Å². The molecule has 0 aromatic carbocycles. The maximum Gasteiger partial charge on any atom is 0.298 e. The fraction of sp³-hybridized carbons (Fsp3) is 0.700. The summed E-state index contributed by atoms with van der Waals surface area (Å²) in [5, 5.41) is 0. The van der Waals surface area contributed by atoms with E-state index < -0.39 is 12.1 Å². The molecule has 78 valence electrons. The Balaban J connectivity index is 2.63. The van der Waals surface area contributed by atoms with Gasteiger partial charge in [0.05, 0.1) is 6.67 Å². The number of carbonyl (C=O) groups is 1. The number of hydrogen-bond donors (Lipinski definition) is 1. The van der Waals surface area contributed by atoms with E-state index in [1.54, 1.807) is 11.8 Å². The number of alkyl halides is 1. The standard InChI is InChI=1S/C10H15FN2O/c1-2-3-9(14)13-5-4-10(6-11,7-12)8-13/h4-8,12H2,1H3/t10-/m0/s1. The van der Waals surface area contributed by atoms with Crippen LogP contribution in [0.4, 0.5) is 4.39 Å². The Labute approximate surface area is 83.4 Å². The Kier molecular flexibility index (Phi) is 3.48. The van der Waals surface area contributed by atoms with Crippen LogP contribution in [0.2, 0.25) is 0 Å². The van der Waals surface area contributed by atoms with Gasteiger partial charge in [-0.15, -0.1) is 0 Å². The molecule has 0 saturated carbocycles. The van der Waals surface area contributed by atoms with Gasteiger partial charge in [0.25, 0.3) is 5.91 Å². The van der Waals surface area contributed by atoms with Gasteiger partial charge in [-0.05, 0) is 19.3 Å². The summed E-state index contributed by atoms with van der Waals surface area (Å²) < 4.78 is 12.7. The van der Waals surface area contributed by atoms with E-state index in [2.05, 4.69) is 11.8 Å². The summed E-state index contributed by atoms with van der Waals surface area (Å²) in [4.78, 5) is 12.9. The molecule has 1 saturated heterocycles. The summed E-state index contributed by atoms with van der Waals surface area (Å²) in [7, 11) is 0. The smallest absolute Gasteiger partial charge is 0.298 e. The zero-order valence-corrected chi connectivity index (χ0v) is 8.35. The summed E-state index contributed by atoms with van der Waals surface area (Å²) in [5.41, 5.74) is 4.98. The third-order valence-electron chi connectivity index (χ3n) is 2.67. The number of nitrogens with zero attached hydrogens (tertiary/aromatic N) is 1. The van der Waals surface area contributed by atoms with Crippen LogP contribution in [0.25, 0.3) is 0 Å². The number of amides is 1. The minimum Gasteiger partial charge on any atom is -0.331 e. The highest BCUT2D eigenvalue weighted by atomic mass is 19.1. The first-order valence-corrected chi connectivity index (χ1v) is 4.65. The van der Waals surface area contributed by atoms with Crippen molar-refractivity contribution in [2.45, 2.75) is 13.3 Å². The lowest BCUT2D eigenvalue weighted by molar-refractivity contribution is -0.124. The van der Waals surface area contributed by atoms with Gasteiger partial charge < -0.3 is 10.6 Å². The fourth-order valence-corrected chi connectivity index (χ4v) is 1.62. The first-order valence-electron chi connectivity index (χ1n) is 4.65. The van der Waals surface area contributed by atoms with Gasteiger partial charge >= 0.3 is 0 Å². The lowest BCUT2D eigenvalue weighted by atomic mass is 9.89. The first-order chi connectivity index (χ1) is 6.67. The number of rotatable bonds is 2. The lowest BCUT2D eigenvalue weighted by Gasteiger charge is -2.23. The minimum absolute atomic E-state index is 0.226. The lowest BCUT2D eigenvalue weighted by Crippen LogP contribution is -2.37. The minimum atomic E-state index is -0.523. The highest BCUT2D eigenvalue weighted by molar-refractivity contribution is 5.93. The molecule has 0 aliphatic carbocycles. The summed E-state index contributed by atoms with van der Waals surface area (Å²) in [6, 6.07) is 0. The van der Waals surface area contributed by atoms with Gasteiger partial charge in [-0.3, -0.25) is 9.18 Å². The molecule has 0 radical (unpaired) electrons. The SMILES string of the molecule is CC#CC(=O)N1CC[C@@](CN)(CF)C1. The number of likely N-dealkylation sites (tertiary alicyclic amines) is 1. The number of halogens is 1. The molecule has 2 N–H and O–H groups in total. The second-order valence-corrected chi connectivity index (χ2v) is 3.69. The van der Waals surface area contributed by atoms with E-state index in [1.807, 2.05) is 0 Å². The molecule has 1 rings (SSSR count). The highest BCUT2D eigenvalue weighted by Crippen LogP contribution is 2.29. The van der Waals surface area contributed by atoms with Gasteiger partial charge in [-0.25, -0.2) is 0 Å². The van der Waals surface area contributed by atoms with Crippen molar-refractivity contribution in [1.82, 2.24) is 4.90 Å². The molecular weight excluding hydrogens is 183 g/mol. The van der Waals surface area contributed by atoms with E-state index in [-0.39, 0.29) is 12.5 Å². The topological polar surface area (TPSA) is 46.3 Å². The number of hydrogen-bond acceptors (Lipinski definition) is 2. The van der Waals surface area contributed by atoms with Crippen LogP contribution in [0.5, 0.6) is 0 Å². The van der Waals surface area contributed by atoms with Gasteiger partial charge in [0.2, 0.25) is 0 Å². The third-order valence-corrected chi connectivity index (χ3v) is 2.67.